The summed E-state index contributed by atoms with van der Waals surface area (Å²) in [6.07, 6.45) is 1.96. The maximum Gasteiger partial charge on any atom is 0.261 e. The summed E-state index contributed by atoms with van der Waals surface area (Å²) in [6, 6.07) is 9.78. The second kappa shape index (κ2) is 6.78. The monoisotopic (exact) mass is 374 g/mol. The molecule has 1 aromatic carbocycles. The average Bonchev–Trinajstić information content (AvgIpc) is 3.17. The van der Waals surface area contributed by atoms with Crippen LogP contribution in [0.1, 0.15) is 28.2 Å². The second-order valence-electron chi connectivity index (χ2n) is 6.30. The summed E-state index contributed by atoms with van der Waals surface area (Å²) in [5.74, 6) is 0.00476. The molecule has 7 heteroatoms. The summed E-state index contributed by atoms with van der Waals surface area (Å²) in [7, 11) is 0. The van der Waals surface area contributed by atoms with Crippen LogP contribution in [0.5, 0.6) is 0 Å². The molecule has 2 N–H and O–H groups in total. The molecule has 25 heavy (non-hydrogen) atoms. The number of amides is 1. The van der Waals surface area contributed by atoms with E-state index in [2.05, 4.69) is 15.7 Å². The van der Waals surface area contributed by atoms with Crippen molar-refractivity contribution in [3.8, 4) is 5.69 Å². The third-order valence-electron chi connectivity index (χ3n) is 4.50. The van der Waals surface area contributed by atoms with E-state index in [-0.39, 0.29) is 11.9 Å². The molecule has 0 atom stereocenters. The van der Waals surface area contributed by atoms with Gasteiger partial charge in [0.25, 0.3) is 5.91 Å². The predicted molar refractivity (Wildman–Crippen MR) is 102 cm³/mol. The van der Waals surface area contributed by atoms with Crippen molar-refractivity contribution in [1.29, 1.82) is 0 Å². The van der Waals surface area contributed by atoms with E-state index in [9.17, 15) is 4.79 Å². The molecule has 3 aromatic rings. The Labute approximate surface area is 155 Å². The topological polar surface area (TPSA) is 59.0 Å². The number of benzene rings is 1. The van der Waals surface area contributed by atoms with Crippen LogP contribution in [0.25, 0.3) is 15.9 Å². The number of rotatable bonds is 3. The molecule has 0 saturated carbocycles. The quantitative estimate of drug-likeness (QED) is 0.737. The van der Waals surface area contributed by atoms with Crippen molar-refractivity contribution >= 4 is 39.1 Å². The molecule has 1 aliphatic rings. The average molecular weight is 375 g/mol. The van der Waals surface area contributed by atoms with E-state index >= 15 is 0 Å². The second-order valence-corrected chi connectivity index (χ2v) is 7.77. The van der Waals surface area contributed by atoms with Crippen LogP contribution in [0, 0.1) is 6.92 Å². The first-order valence-electron chi connectivity index (χ1n) is 8.38. The highest BCUT2D eigenvalue weighted by atomic mass is 35.5. The Bertz CT molecular complexity index is 926. The summed E-state index contributed by atoms with van der Waals surface area (Å²) in [4.78, 5) is 14.3. The normalized spacial score (nSPS) is 15.6. The van der Waals surface area contributed by atoms with Gasteiger partial charge in [0, 0.05) is 16.5 Å². The maximum atomic E-state index is 12.6. The van der Waals surface area contributed by atoms with Gasteiger partial charge in [-0.2, -0.15) is 5.10 Å². The molecule has 0 bridgehead atoms. The van der Waals surface area contributed by atoms with Gasteiger partial charge in [0.15, 0.2) is 0 Å². The van der Waals surface area contributed by atoms with Crippen molar-refractivity contribution in [2.45, 2.75) is 25.8 Å². The molecule has 1 amide bonds. The first-order valence-corrected chi connectivity index (χ1v) is 9.58. The van der Waals surface area contributed by atoms with Crippen LogP contribution in [0.15, 0.2) is 30.3 Å². The van der Waals surface area contributed by atoms with Gasteiger partial charge in [0.2, 0.25) is 0 Å². The zero-order chi connectivity index (χ0) is 17.4. The molecule has 2 aromatic heterocycles. The SMILES string of the molecule is Cc1nn(-c2cccc(Cl)c2)c2sc(C(=O)NC3CCNCC3)cc12. The number of nitrogens with one attached hydrogen (secondary N) is 2. The van der Waals surface area contributed by atoms with Crippen LogP contribution < -0.4 is 10.6 Å². The van der Waals surface area contributed by atoms with Crippen molar-refractivity contribution in [3.05, 3.63) is 45.9 Å². The highest BCUT2D eigenvalue weighted by Crippen LogP contribution is 2.31. The summed E-state index contributed by atoms with van der Waals surface area (Å²) in [6.45, 7) is 3.88. The summed E-state index contributed by atoms with van der Waals surface area (Å²) >= 11 is 7.58. The van der Waals surface area contributed by atoms with Gasteiger partial charge in [-0.25, -0.2) is 4.68 Å². The molecule has 0 aliphatic carbocycles. The summed E-state index contributed by atoms with van der Waals surface area (Å²) < 4.78 is 1.86. The van der Waals surface area contributed by atoms with Crippen molar-refractivity contribution in [2.24, 2.45) is 0 Å². The van der Waals surface area contributed by atoms with E-state index < -0.39 is 0 Å². The van der Waals surface area contributed by atoms with Crippen molar-refractivity contribution in [3.63, 3.8) is 0 Å². The van der Waals surface area contributed by atoms with Crippen LogP contribution in [0.2, 0.25) is 5.02 Å². The highest BCUT2D eigenvalue weighted by molar-refractivity contribution is 7.20. The fourth-order valence-electron chi connectivity index (χ4n) is 3.16. The molecule has 1 fully saturated rings. The van der Waals surface area contributed by atoms with E-state index in [1.807, 2.05) is 41.9 Å². The Balaban J connectivity index is 1.66. The van der Waals surface area contributed by atoms with Gasteiger partial charge in [-0.05, 0) is 57.1 Å². The number of aryl methyl sites for hydroxylation is 1. The molecule has 1 saturated heterocycles. The van der Waals surface area contributed by atoms with Crippen LogP contribution in [0.3, 0.4) is 0 Å². The number of halogens is 1. The van der Waals surface area contributed by atoms with Gasteiger partial charge < -0.3 is 10.6 Å². The first-order chi connectivity index (χ1) is 12.1. The zero-order valence-corrected chi connectivity index (χ0v) is 15.5. The lowest BCUT2D eigenvalue weighted by atomic mass is 10.1. The minimum absolute atomic E-state index is 0.00476. The number of nitrogens with zero attached hydrogens (tertiary/aromatic N) is 2. The number of thiophene rings is 1. The smallest absolute Gasteiger partial charge is 0.261 e. The zero-order valence-electron chi connectivity index (χ0n) is 13.9. The molecular weight excluding hydrogens is 356 g/mol. The third kappa shape index (κ3) is 3.29. The van der Waals surface area contributed by atoms with E-state index in [0.29, 0.717) is 5.02 Å². The molecule has 0 spiro atoms. The number of carbonyl (C=O) groups is 1. The van der Waals surface area contributed by atoms with E-state index in [4.69, 9.17) is 11.6 Å². The number of fused-ring (bicyclic) bond motifs is 1. The predicted octanol–water partition coefficient (Wildman–Crippen LogP) is 3.53. The lowest BCUT2D eigenvalue weighted by molar-refractivity contribution is 0.0934. The third-order valence-corrected chi connectivity index (χ3v) is 5.84. The lowest BCUT2D eigenvalue weighted by Gasteiger charge is -2.23. The van der Waals surface area contributed by atoms with Crippen LogP contribution in [-0.4, -0.2) is 34.8 Å². The van der Waals surface area contributed by atoms with Crippen molar-refractivity contribution < 1.29 is 4.79 Å². The van der Waals surface area contributed by atoms with Crippen LogP contribution in [-0.2, 0) is 0 Å². The molecule has 0 radical (unpaired) electrons. The molecule has 3 heterocycles. The highest BCUT2D eigenvalue weighted by Gasteiger charge is 2.20. The Hall–Kier alpha value is -1.89. The largest absolute Gasteiger partial charge is 0.349 e. The maximum absolute atomic E-state index is 12.6. The molecule has 1 aliphatic heterocycles. The van der Waals surface area contributed by atoms with Gasteiger partial charge in [-0.1, -0.05) is 17.7 Å². The Morgan fingerprint density at radius 2 is 2.16 bits per heavy atom. The lowest BCUT2D eigenvalue weighted by Crippen LogP contribution is -2.42. The number of hydrogen-bond donors (Lipinski definition) is 2. The number of piperidine rings is 1. The van der Waals surface area contributed by atoms with Gasteiger partial charge in [0.1, 0.15) is 4.83 Å². The minimum Gasteiger partial charge on any atom is -0.349 e. The Morgan fingerprint density at radius 1 is 1.36 bits per heavy atom. The minimum atomic E-state index is 0.00476. The standard InChI is InChI=1S/C18H19ClN4OS/c1-11-15-10-16(17(24)21-13-5-7-20-8-6-13)25-18(15)23(22-11)14-4-2-3-12(19)9-14/h2-4,9-10,13,20H,5-8H2,1H3,(H,21,24). The van der Waals surface area contributed by atoms with Gasteiger partial charge in [-0.3, -0.25) is 4.79 Å². The van der Waals surface area contributed by atoms with Crippen molar-refractivity contribution in [1.82, 2.24) is 20.4 Å². The molecule has 130 valence electrons. The van der Waals surface area contributed by atoms with E-state index in [1.165, 1.54) is 11.3 Å². The van der Waals surface area contributed by atoms with Gasteiger partial charge in [0.05, 0.1) is 16.3 Å². The Kier molecular flexibility index (Phi) is 4.50. The molecule has 0 unspecified atom stereocenters. The number of aromatic nitrogens is 2. The van der Waals surface area contributed by atoms with Gasteiger partial charge in [-0.15, -0.1) is 11.3 Å². The Morgan fingerprint density at radius 3 is 2.92 bits per heavy atom. The van der Waals surface area contributed by atoms with Crippen molar-refractivity contribution in [2.75, 3.05) is 13.1 Å². The van der Waals surface area contributed by atoms with E-state index in [1.54, 1.807) is 0 Å². The fraction of sp³-hybridized carbons (Fsp3) is 0.333. The summed E-state index contributed by atoms with van der Waals surface area (Å²) in [5, 5.41) is 12.8. The van der Waals surface area contributed by atoms with E-state index in [0.717, 1.165) is 52.4 Å². The number of carbonyl (C=O) groups excluding carboxylic acids is 1. The molecule has 5 nitrogen and oxygen atoms in total. The van der Waals surface area contributed by atoms with Crippen LogP contribution >= 0.6 is 22.9 Å². The fourth-order valence-corrected chi connectivity index (χ4v) is 4.44. The van der Waals surface area contributed by atoms with Gasteiger partial charge >= 0.3 is 0 Å². The number of hydrogen-bond acceptors (Lipinski definition) is 4. The van der Waals surface area contributed by atoms with Crippen LogP contribution in [0.4, 0.5) is 0 Å². The first kappa shape index (κ1) is 16.6. The molecular formula is C18H19ClN4OS. The molecule has 4 rings (SSSR count). The summed E-state index contributed by atoms with van der Waals surface area (Å²) in [5.41, 5.74) is 1.81.